The number of amides is 2. The van der Waals surface area contributed by atoms with E-state index in [1.165, 1.54) is 24.8 Å². The average molecular weight is 759 g/mol. The second kappa shape index (κ2) is 20.6. The van der Waals surface area contributed by atoms with Crippen LogP contribution in [0, 0.1) is 0 Å². The molecule has 2 aromatic rings. The Hall–Kier alpha value is -4.54. The van der Waals surface area contributed by atoms with Gasteiger partial charge in [0.2, 0.25) is 8.00 Å². The van der Waals surface area contributed by atoms with E-state index < -0.39 is 56.3 Å². The van der Waals surface area contributed by atoms with E-state index in [0.29, 0.717) is 37.4 Å². The highest BCUT2D eigenvalue weighted by molar-refractivity contribution is 7.45. The summed E-state index contributed by atoms with van der Waals surface area (Å²) in [4.78, 5) is 91.3. The summed E-state index contributed by atoms with van der Waals surface area (Å²) >= 11 is 0. The molecule has 17 nitrogen and oxygen atoms in total. The van der Waals surface area contributed by atoms with Gasteiger partial charge in [-0.15, -0.1) is 0 Å². The minimum atomic E-state index is -3.06. The number of methoxy groups -OCH3 is 1. The van der Waals surface area contributed by atoms with Crippen LogP contribution < -0.4 is 20.4 Å². The predicted molar refractivity (Wildman–Crippen MR) is 192 cm³/mol. The molecule has 2 aliphatic rings. The number of carbonyl (C=O) groups excluding carboxylic acids is 5. The van der Waals surface area contributed by atoms with Gasteiger partial charge < -0.3 is 39.4 Å². The number of carbonyl (C=O) groups is 5. The van der Waals surface area contributed by atoms with E-state index >= 15 is 0 Å². The minimum absolute atomic E-state index is 0.00977. The van der Waals surface area contributed by atoms with Gasteiger partial charge in [-0.05, 0) is 12.8 Å². The lowest BCUT2D eigenvalue weighted by Gasteiger charge is -2.35. The van der Waals surface area contributed by atoms with Crippen molar-refractivity contribution in [3.63, 3.8) is 0 Å². The number of hydrogen-bond acceptors (Lipinski definition) is 15. The highest BCUT2D eigenvalue weighted by Crippen LogP contribution is 2.25. The molecule has 0 radical (unpaired) electrons. The molecule has 0 spiro atoms. The number of anilines is 1. The first-order valence-electron chi connectivity index (χ1n) is 17.6. The van der Waals surface area contributed by atoms with Crippen molar-refractivity contribution in [3.8, 4) is 11.4 Å². The fourth-order valence-electron chi connectivity index (χ4n) is 5.42. The number of benzene rings is 1. The first kappa shape index (κ1) is 41.2. The normalized spacial score (nSPS) is 18.0. The summed E-state index contributed by atoms with van der Waals surface area (Å²) in [6.07, 6.45) is 1.21. The number of hydrogen-bond donors (Lipinski definition) is 2. The van der Waals surface area contributed by atoms with Gasteiger partial charge in [-0.3, -0.25) is 24.1 Å². The Balaban J connectivity index is 1.70. The van der Waals surface area contributed by atoms with Gasteiger partial charge in [0.05, 0.1) is 12.7 Å². The molecule has 2 saturated heterocycles. The Morgan fingerprint density at radius 2 is 1.77 bits per heavy atom. The number of unbranched alkanes of at least 4 members (excludes halogenated alkanes) is 1. The maximum Gasteiger partial charge on any atom is 0.410 e. The van der Waals surface area contributed by atoms with Crippen LogP contribution >= 0.6 is 8.00 Å². The van der Waals surface area contributed by atoms with E-state index in [1.807, 2.05) is 30.0 Å². The van der Waals surface area contributed by atoms with Crippen molar-refractivity contribution in [3.05, 3.63) is 42.1 Å². The lowest BCUT2D eigenvalue weighted by Crippen LogP contribution is -2.61. The molecule has 3 heterocycles. The molecule has 2 amide bonds. The van der Waals surface area contributed by atoms with Crippen molar-refractivity contribution in [1.82, 2.24) is 25.5 Å². The Morgan fingerprint density at radius 3 is 2.42 bits per heavy atom. The fourth-order valence-corrected chi connectivity index (χ4v) is 6.21. The second-order valence-electron chi connectivity index (χ2n) is 12.1. The molecule has 2 unspecified atom stereocenters. The lowest BCUT2D eigenvalue weighted by molar-refractivity contribution is -0.253. The third-order valence-corrected chi connectivity index (χ3v) is 9.32. The van der Waals surface area contributed by atoms with Gasteiger partial charge in [0.15, 0.2) is 17.6 Å². The lowest BCUT2D eigenvalue weighted by atomic mass is 10.0. The number of aromatic nitrogens is 2. The smallest absolute Gasteiger partial charge is 0.410 e. The molecule has 0 bridgehead atoms. The van der Waals surface area contributed by atoms with Crippen LogP contribution in [-0.2, 0) is 37.9 Å². The van der Waals surface area contributed by atoms with Crippen molar-refractivity contribution >= 4 is 49.3 Å². The number of ether oxygens (including phenoxy) is 4. The van der Waals surface area contributed by atoms with E-state index in [0.717, 1.165) is 18.6 Å². The highest BCUT2D eigenvalue weighted by Gasteiger charge is 2.39. The van der Waals surface area contributed by atoms with Crippen LogP contribution in [0.15, 0.2) is 36.4 Å². The van der Waals surface area contributed by atoms with E-state index in [1.54, 1.807) is 19.2 Å². The maximum atomic E-state index is 14.3. The Labute approximate surface area is 309 Å². The number of nitrogens with one attached hydrogen (secondary N) is 2. The fraction of sp³-hybridized carbons (Fsp3) is 0.543. The SMILES string of the molecule is CCCCOC(=O)N1CCNCC1C(=O)[C@H](/C=[P+](\[O-])OC(OC(=O)CC)OC(=O)CC)NC(=O)c1cc(N2CC[C@H](OC)C2)nc(-c2ccccc2)n1. The number of ketones is 1. The van der Waals surface area contributed by atoms with E-state index in [9.17, 15) is 28.9 Å². The molecule has 4 atom stereocenters. The maximum absolute atomic E-state index is 14.3. The molecule has 1 aromatic carbocycles. The van der Waals surface area contributed by atoms with Gasteiger partial charge in [0.1, 0.15) is 23.4 Å². The minimum Gasteiger partial charge on any atom is -0.603 e. The number of rotatable bonds is 17. The third kappa shape index (κ3) is 12.0. The van der Waals surface area contributed by atoms with Crippen LogP contribution in [0.4, 0.5) is 10.6 Å². The van der Waals surface area contributed by atoms with Crippen molar-refractivity contribution in [2.24, 2.45) is 0 Å². The van der Waals surface area contributed by atoms with E-state index in [-0.39, 0.29) is 50.2 Å². The average Bonchev–Trinajstić information content (AvgIpc) is 3.67. The molecule has 288 valence electrons. The van der Waals surface area contributed by atoms with E-state index in [4.69, 9.17) is 28.5 Å². The van der Waals surface area contributed by atoms with Gasteiger partial charge in [-0.25, -0.2) is 14.8 Å². The third-order valence-electron chi connectivity index (χ3n) is 8.40. The standard InChI is InChI=1S/C35H47N6O11P/c1-5-8-18-49-34(46)41-17-15-36-20-27(41)31(44)26(22-53(47)52-35(50-29(42)6-2)51-30(43)7-3)38-33(45)25-19-28(40-16-14-24(21-40)48-4)39-32(37-25)23-12-10-9-11-13-23/h9-13,19,22,24,26-27,35-36H,5-8,14-18,20-21H2,1-4H3,(H,38,45)/t24-,26-,27?/m0/s1. The molecule has 2 aliphatic heterocycles. The molecule has 0 saturated carbocycles. The van der Waals surface area contributed by atoms with Crippen LogP contribution in [0.3, 0.4) is 0 Å². The second-order valence-corrected chi connectivity index (χ2v) is 13.2. The zero-order chi connectivity index (χ0) is 38.3. The largest absolute Gasteiger partial charge is 0.603 e. The number of esters is 2. The first-order valence-corrected chi connectivity index (χ1v) is 18.9. The molecule has 0 aliphatic carbocycles. The highest BCUT2D eigenvalue weighted by atomic mass is 31.1. The van der Waals surface area contributed by atoms with E-state index in [2.05, 4.69) is 15.6 Å². The summed E-state index contributed by atoms with van der Waals surface area (Å²) in [5.41, 5.74) is 0.544. The Kier molecular flexibility index (Phi) is 16.0. The Morgan fingerprint density at radius 1 is 1.06 bits per heavy atom. The monoisotopic (exact) mass is 758 g/mol. The van der Waals surface area contributed by atoms with Crippen LogP contribution in [-0.4, -0.2) is 121 Å². The van der Waals surface area contributed by atoms with Crippen molar-refractivity contribution < 1.29 is 52.3 Å². The molecule has 4 rings (SSSR count). The van der Waals surface area contributed by atoms with Crippen LogP contribution in [0.2, 0.25) is 0 Å². The van der Waals surface area contributed by atoms with Crippen LogP contribution in [0.5, 0.6) is 0 Å². The van der Waals surface area contributed by atoms with Gasteiger partial charge in [0, 0.05) is 64.3 Å². The zero-order valence-corrected chi connectivity index (χ0v) is 31.3. The summed E-state index contributed by atoms with van der Waals surface area (Å²) in [5, 5.41) is 5.67. The van der Waals surface area contributed by atoms with Gasteiger partial charge in [-0.2, -0.15) is 0 Å². The summed E-state index contributed by atoms with van der Waals surface area (Å²) in [6, 6.07) is 7.73. The van der Waals surface area contributed by atoms with Crippen molar-refractivity contribution in [1.29, 1.82) is 0 Å². The molecule has 2 fully saturated rings. The van der Waals surface area contributed by atoms with Crippen molar-refractivity contribution in [2.45, 2.75) is 77.5 Å². The summed E-state index contributed by atoms with van der Waals surface area (Å²) in [5.74, 6) is -1.56. The molecular formula is C35H47N6O11P. The van der Waals surface area contributed by atoms with Crippen molar-refractivity contribution in [2.75, 3.05) is 51.3 Å². The van der Waals surface area contributed by atoms with Gasteiger partial charge in [0.25, 0.3) is 5.91 Å². The van der Waals surface area contributed by atoms with Crippen LogP contribution in [0.25, 0.3) is 11.4 Å². The predicted octanol–water partition coefficient (Wildman–Crippen LogP) is 1.93. The number of Topliss-reactive ketones (excluding diaryl/α,β-unsaturated/α-hetero) is 1. The van der Waals surface area contributed by atoms with Gasteiger partial charge >= 0.3 is 24.5 Å². The molecule has 53 heavy (non-hydrogen) atoms. The molecule has 1 aromatic heterocycles. The van der Waals surface area contributed by atoms with Gasteiger partial charge in [-0.1, -0.05) is 62.0 Å². The number of nitrogens with zero attached hydrogens (tertiary/aromatic N) is 4. The molecule has 18 heteroatoms. The summed E-state index contributed by atoms with van der Waals surface area (Å²) < 4.78 is 26.2. The zero-order valence-electron chi connectivity index (χ0n) is 30.4. The Bertz CT molecular complexity index is 1600. The summed E-state index contributed by atoms with van der Waals surface area (Å²) in [6.45, 7) is 4.76. The molecule has 2 N–H and O–H groups in total. The number of piperazine rings is 1. The van der Waals surface area contributed by atoms with Crippen LogP contribution in [0.1, 0.15) is 63.4 Å². The molecular weight excluding hydrogens is 711 g/mol. The first-order chi connectivity index (χ1) is 25.6. The topological polar surface area (TPSA) is 211 Å². The quantitative estimate of drug-likeness (QED) is 0.102. The summed E-state index contributed by atoms with van der Waals surface area (Å²) in [7, 11) is -1.44.